The van der Waals surface area contributed by atoms with Gasteiger partial charge >= 0.3 is 6.18 Å². The van der Waals surface area contributed by atoms with Gasteiger partial charge in [-0.25, -0.2) is 19.0 Å². The predicted octanol–water partition coefficient (Wildman–Crippen LogP) is 3.75. The molecule has 0 saturated carbocycles. The van der Waals surface area contributed by atoms with Crippen molar-refractivity contribution in [1.29, 1.82) is 0 Å². The molecule has 1 aromatic carbocycles. The maximum atomic E-state index is 13.6. The monoisotopic (exact) mass is 467 g/mol. The van der Waals surface area contributed by atoms with Gasteiger partial charge in [0, 0.05) is 37.6 Å². The number of anilines is 1. The van der Waals surface area contributed by atoms with Gasteiger partial charge in [-0.3, -0.25) is 9.47 Å². The normalized spacial score (nSPS) is 15.4. The molecule has 0 unspecified atom stereocenters. The summed E-state index contributed by atoms with van der Waals surface area (Å²) in [5, 5.41) is 3.75. The molecule has 170 valence electrons. The van der Waals surface area contributed by atoms with Crippen LogP contribution in [0, 0.1) is 24.4 Å². The second-order valence-electron chi connectivity index (χ2n) is 7.61. The third-order valence-corrected chi connectivity index (χ3v) is 5.53. The number of aryl methyl sites for hydroxylation is 2. The van der Waals surface area contributed by atoms with Gasteiger partial charge in [0.1, 0.15) is 5.82 Å². The summed E-state index contributed by atoms with van der Waals surface area (Å²) in [5.74, 6) is -1.04. The van der Waals surface area contributed by atoms with Crippen molar-refractivity contribution < 1.29 is 17.6 Å². The van der Waals surface area contributed by atoms with Crippen LogP contribution in [0.15, 0.2) is 30.3 Å². The fourth-order valence-electron chi connectivity index (χ4n) is 3.63. The van der Waals surface area contributed by atoms with Crippen LogP contribution in [0.4, 0.5) is 23.5 Å². The maximum Gasteiger partial charge on any atom is 0.452 e. The lowest BCUT2D eigenvalue weighted by Gasteiger charge is -2.34. The molecule has 7 nitrogen and oxygen atoms in total. The van der Waals surface area contributed by atoms with Gasteiger partial charge < -0.3 is 4.90 Å². The van der Waals surface area contributed by atoms with E-state index in [1.54, 1.807) is 0 Å². The lowest BCUT2D eigenvalue weighted by Crippen LogP contribution is -2.47. The molecule has 3 heterocycles. The standard InChI is InChI=1S/C20H21F4N7S/c1-13-11-14(2)26-18(25-13)29-9-7-28(8-10-29)12-30-19(32)31(17(27-30)20(22,23)24)16-5-3-15(21)4-6-16/h3-6,11H,7-10,12H2,1-2H3. The van der Waals surface area contributed by atoms with Crippen molar-refractivity contribution in [3.8, 4) is 5.69 Å². The molecule has 1 aliphatic rings. The van der Waals surface area contributed by atoms with Gasteiger partial charge in [0.25, 0.3) is 0 Å². The topological polar surface area (TPSA) is 55.0 Å². The van der Waals surface area contributed by atoms with Gasteiger partial charge in [-0.2, -0.15) is 13.2 Å². The van der Waals surface area contributed by atoms with Gasteiger partial charge in [-0.15, -0.1) is 5.10 Å². The lowest BCUT2D eigenvalue weighted by molar-refractivity contribution is -0.146. The molecule has 0 amide bonds. The number of hydrogen-bond acceptors (Lipinski definition) is 6. The number of hydrogen-bond donors (Lipinski definition) is 0. The van der Waals surface area contributed by atoms with Crippen LogP contribution in [-0.4, -0.2) is 55.4 Å². The summed E-state index contributed by atoms with van der Waals surface area (Å²) in [6, 6.07) is 6.56. The van der Waals surface area contributed by atoms with Crippen LogP contribution < -0.4 is 4.90 Å². The second-order valence-corrected chi connectivity index (χ2v) is 7.98. The molecule has 3 aromatic rings. The average Bonchev–Trinajstić information content (AvgIpc) is 3.05. The first-order valence-electron chi connectivity index (χ1n) is 9.94. The number of piperazine rings is 1. The molecular weight excluding hydrogens is 446 g/mol. The highest BCUT2D eigenvalue weighted by Crippen LogP contribution is 2.30. The van der Waals surface area contributed by atoms with Crippen LogP contribution in [-0.2, 0) is 12.8 Å². The van der Waals surface area contributed by atoms with Crippen molar-refractivity contribution in [2.24, 2.45) is 0 Å². The molecular formula is C20H21F4N7S. The molecule has 12 heteroatoms. The Bertz CT molecular complexity index is 1140. The van der Waals surface area contributed by atoms with Crippen molar-refractivity contribution >= 4 is 18.2 Å². The Morgan fingerprint density at radius 3 is 2.12 bits per heavy atom. The number of halogens is 4. The molecule has 1 fully saturated rings. The van der Waals surface area contributed by atoms with E-state index in [4.69, 9.17) is 12.2 Å². The van der Waals surface area contributed by atoms with Gasteiger partial charge in [-0.1, -0.05) is 0 Å². The fourth-order valence-corrected chi connectivity index (χ4v) is 3.92. The van der Waals surface area contributed by atoms with Crippen molar-refractivity contribution in [1.82, 2.24) is 29.2 Å². The van der Waals surface area contributed by atoms with Crippen molar-refractivity contribution in [2.45, 2.75) is 26.7 Å². The third kappa shape index (κ3) is 4.65. The zero-order valence-electron chi connectivity index (χ0n) is 17.5. The van der Waals surface area contributed by atoms with Gasteiger partial charge in [0.15, 0.2) is 0 Å². The number of rotatable bonds is 4. The zero-order valence-corrected chi connectivity index (χ0v) is 18.3. The summed E-state index contributed by atoms with van der Waals surface area (Å²) in [7, 11) is 0. The first kappa shape index (κ1) is 22.3. The molecule has 0 radical (unpaired) electrons. The minimum atomic E-state index is -4.72. The van der Waals surface area contributed by atoms with E-state index in [-0.39, 0.29) is 17.1 Å². The van der Waals surface area contributed by atoms with E-state index < -0.39 is 17.8 Å². The summed E-state index contributed by atoms with van der Waals surface area (Å²) >= 11 is 5.31. The Labute approximate surface area is 186 Å². The first-order valence-corrected chi connectivity index (χ1v) is 10.4. The summed E-state index contributed by atoms with van der Waals surface area (Å²) in [6.45, 7) is 6.35. The van der Waals surface area contributed by atoms with E-state index in [0.29, 0.717) is 32.1 Å². The van der Waals surface area contributed by atoms with E-state index in [0.717, 1.165) is 32.8 Å². The molecule has 4 rings (SSSR count). The van der Waals surface area contributed by atoms with Crippen LogP contribution in [0.1, 0.15) is 17.2 Å². The summed E-state index contributed by atoms with van der Waals surface area (Å²) in [6.07, 6.45) is -4.72. The Kier molecular flexibility index (Phi) is 5.99. The number of nitrogens with zero attached hydrogens (tertiary/aromatic N) is 7. The second kappa shape index (κ2) is 8.58. The molecule has 0 aliphatic carbocycles. The quantitative estimate of drug-likeness (QED) is 0.431. The Hall–Kier alpha value is -2.86. The van der Waals surface area contributed by atoms with Crippen molar-refractivity contribution in [3.05, 3.63) is 58.1 Å². The predicted molar refractivity (Wildman–Crippen MR) is 113 cm³/mol. The third-order valence-electron chi connectivity index (χ3n) is 5.14. The minimum Gasteiger partial charge on any atom is -0.338 e. The van der Waals surface area contributed by atoms with Crippen molar-refractivity contribution in [3.63, 3.8) is 0 Å². The average molecular weight is 467 g/mol. The molecule has 2 aromatic heterocycles. The Morgan fingerprint density at radius 1 is 0.969 bits per heavy atom. The Morgan fingerprint density at radius 2 is 1.56 bits per heavy atom. The largest absolute Gasteiger partial charge is 0.452 e. The zero-order chi connectivity index (χ0) is 23.0. The molecule has 1 saturated heterocycles. The van der Waals surface area contributed by atoms with Gasteiger partial charge in [0.2, 0.25) is 16.5 Å². The minimum absolute atomic E-state index is 0.103. The van der Waals surface area contributed by atoms with Gasteiger partial charge in [-0.05, 0) is 56.4 Å². The molecule has 0 bridgehead atoms. The van der Waals surface area contributed by atoms with Crippen LogP contribution in [0.5, 0.6) is 0 Å². The van der Waals surface area contributed by atoms with Crippen LogP contribution in [0.3, 0.4) is 0 Å². The highest BCUT2D eigenvalue weighted by Gasteiger charge is 2.39. The summed E-state index contributed by atoms with van der Waals surface area (Å²) in [5.41, 5.74) is 1.87. The van der Waals surface area contributed by atoms with E-state index in [9.17, 15) is 17.6 Å². The summed E-state index contributed by atoms with van der Waals surface area (Å²) < 4.78 is 56.0. The van der Waals surface area contributed by atoms with E-state index >= 15 is 0 Å². The SMILES string of the molecule is Cc1cc(C)nc(N2CCN(Cn3nc(C(F)(F)F)n(-c4ccc(F)cc4)c3=S)CC2)n1. The first-order chi connectivity index (χ1) is 15.1. The van der Waals surface area contributed by atoms with E-state index in [2.05, 4.69) is 15.1 Å². The molecule has 1 aliphatic heterocycles. The fraction of sp³-hybridized carbons (Fsp3) is 0.400. The molecule has 32 heavy (non-hydrogen) atoms. The number of benzene rings is 1. The number of alkyl halides is 3. The van der Waals surface area contributed by atoms with E-state index in [1.807, 2.05) is 29.7 Å². The highest BCUT2D eigenvalue weighted by atomic mass is 32.1. The van der Waals surface area contributed by atoms with E-state index in [1.165, 1.54) is 12.1 Å². The summed E-state index contributed by atoms with van der Waals surface area (Å²) in [4.78, 5) is 13.0. The van der Waals surface area contributed by atoms with Gasteiger partial charge in [0.05, 0.1) is 12.4 Å². The molecule has 0 spiro atoms. The van der Waals surface area contributed by atoms with Crippen LogP contribution in [0.25, 0.3) is 5.69 Å². The smallest absolute Gasteiger partial charge is 0.338 e. The Balaban J connectivity index is 1.54. The van der Waals surface area contributed by atoms with Crippen molar-refractivity contribution in [2.75, 3.05) is 31.1 Å². The van der Waals surface area contributed by atoms with Crippen LogP contribution in [0.2, 0.25) is 0 Å². The number of aromatic nitrogens is 5. The van der Waals surface area contributed by atoms with Crippen LogP contribution >= 0.6 is 12.2 Å². The molecule has 0 atom stereocenters. The lowest BCUT2D eigenvalue weighted by atomic mass is 10.3. The molecule has 0 N–H and O–H groups in total. The highest BCUT2D eigenvalue weighted by molar-refractivity contribution is 7.71. The maximum absolute atomic E-state index is 13.6.